The first-order valence-corrected chi connectivity index (χ1v) is 9.06. The van der Waals surface area contributed by atoms with E-state index in [1.807, 2.05) is 56.4 Å². The van der Waals surface area contributed by atoms with Crippen LogP contribution >= 0.6 is 0 Å². The van der Waals surface area contributed by atoms with Crippen molar-refractivity contribution in [1.29, 1.82) is 0 Å². The summed E-state index contributed by atoms with van der Waals surface area (Å²) in [5, 5.41) is 9.41. The molecule has 0 aliphatic heterocycles. The molecule has 2 aromatic heterocycles. The lowest BCUT2D eigenvalue weighted by Gasteiger charge is -2.06. The van der Waals surface area contributed by atoms with Crippen LogP contribution in [0.5, 0.6) is 5.75 Å². The van der Waals surface area contributed by atoms with Crippen molar-refractivity contribution in [3.63, 3.8) is 0 Å². The van der Waals surface area contributed by atoms with Gasteiger partial charge in [0.1, 0.15) is 18.1 Å². The highest BCUT2D eigenvalue weighted by molar-refractivity contribution is 5.91. The molecule has 142 valence electrons. The number of aryl methyl sites for hydroxylation is 2. The van der Waals surface area contributed by atoms with Crippen molar-refractivity contribution in [2.75, 3.05) is 0 Å². The Balaban J connectivity index is 1.34. The third-order valence-electron chi connectivity index (χ3n) is 4.58. The van der Waals surface area contributed by atoms with Gasteiger partial charge in [-0.15, -0.1) is 0 Å². The Morgan fingerprint density at radius 1 is 1.11 bits per heavy atom. The molecular formula is C22H21N3O3. The summed E-state index contributed by atoms with van der Waals surface area (Å²) < 4.78 is 13.2. The first-order valence-electron chi connectivity index (χ1n) is 9.06. The molecule has 0 atom stereocenters. The Labute approximate surface area is 162 Å². The van der Waals surface area contributed by atoms with Gasteiger partial charge in [-0.2, -0.15) is 5.10 Å². The van der Waals surface area contributed by atoms with Crippen molar-refractivity contribution >= 4 is 16.7 Å². The van der Waals surface area contributed by atoms with E-state index in [9.17, 15) is 4.79 Å². The Morgan fingerprint density at radius 2 is 1.93 bits per heavy atom. The Morgan fingerprint density at radius 3 is 2.71 bits per heavy atom. The maximum absolute atomic E-state index is 12.3. The van der Waals surface area contributed by atoms with Crippen LogP contribution in [-0.2, 0) is 20.2 Å². The average Bonchev–Trinajstić information content (AvgIpc) is 3.31. The minimum atomic E-state index is -0.278. The van der Waals surface area contributed by atoms with Crippen LogP contribution in [0.2, 0.25) is 0 Å². The molecule has 2 heterocycles. The van der Waals surface area contributed by atoms with Gasteiger partial charge in [0.05, 0.1) is 12.2 Å². The second-order valence-electron chi connectivity index (χ2n) is 6.65. The van der Waals surface area contributed by atoms with Crippen molar-refractivity contribution in [1.82, 2.24) is 15.1 Å². The van der Waals surface area contributed by atoms with Gasteiger partial charge in [0.15, 0.2) is 5.76 Å². The van der Waals surface area contributed by atoms with Crippen LogP contribution in [0, 0.1) is 6.92 Å². The van der Waals surface area contributed by atoms with Crippen LogP contribution in [0.15, 0.2) is 65.1 Å². The standard InChI is InChI=1S/C22H21N3O3/c1-15-11-18(24-25(15)2)13-23-22(26)21-10-9-20(28-21)14-27-19-8-7-16-5-3-4-6-17(16)12-19/h3-12H,13-14H2,1-2H3,(H,23,26). The number of furan rings is 1. The van der Waals surface area contributed by atoms with Gasteiger partial charge in [-0.05, 0) is 48.0 Å². The fourth-order valence-electron chi connectivity index (χ4n) is 2.97. The molecule has 1 amide bonds. The Hall–Kier alpha value is -3.54. The molecule has 4 rings (SSSR count). The quantitative estimate of drug-likeness (QED) is 0.553. The van der Waals surface area contributed by atoms with Gasteiger partial charge in [0.25, 0.3) is 5.91 Å². The molecule has 0 saturated heterocycles. The van der Waals surface area contributed by atoms with Crippen LogP contribution in [0.3, 0.4) is 0 Å². The molecule has 4 aromatic rings. The number of fused-ring (bicyclic) bond motifs is 1. The minimum absolute atomic E-state index is 0.254. The van der Waals surface area contributed by atoms with Crippen molar-refractivity contribution in [3.05, 3.63) is 83.6 Å². The zero-order chi connectivity index (χ0) is 19.5. The molecule has 2 aromatic carbocycles. The molecule has 0 saturated carbocycles. The number of nitrogens with one attached hydrogen (secondary N) is 1. The average molecular weight is 375 g/mol. The first-order chi connectivity index (χ1) is 13.6. The lowest BCUT2D eigenvalue weighted by Crippen LogP contribution is -2.22. The summed E-state index contributed by atoms with van der Waals surface area (Å²) in [6.07, 6.45) is 0. The van der Waals surface area contributed by atoms with E-state index < -0.39 is 0 Å². The molecule has 0 spiro atoms. The Kier molecular flexibility index (Phi) is 4.85. The highest BCUT2D eigenvalue weighted by Crippen LogP contribution is 2.21. The third-order valence-corrected chi connectivity index (χ3v) is 4.58. The number of aromatic nitrogens is 2. The summed E-state index contributed by atoms with van der Waals surface area (Å²) in [5.74, 6) is 1.32. The van der Waals surface area contributed by atoms with Crippen LogP contribution in [0.4, 0.5) is 0 Å². The van der Waals surface area contributed by atoms with E-state index in [4.69, 9.17) is 9.15 Å². The smallest absolute Gasteiger partial charge is 0.287 e. The second kappa shape index (κ2) is 7.60. The normalized spacial score (nSPS) is 10.9. The largest absolute Gasteiger partial charge is 0.486 e. The zero-order valence-electron chi connectivity index (χ0n) is 15.8. The number of nitrogens with zero attached hydrogens (tertiary/aromatic N) is 2. The minimum Gasteiger partial charge on any atom is -0.486 e. The molecular weight excluding hydrogens is 354 g/mol. The zero-order valence-corrected chi connectivity index (χ0v) is 15.8. The van der Waals surface area contributed by atoms with E-state index in [-0.39, 0.29) is 18.3 Å². The first kappa shape index (κ1) is 17.9. The number of amides is 1. The number of hydrogen-bond acceptors (Lipinski definition) is 4. The van der Waals surface area contributed by atoms with E-state index in [1.54, 1.807) is 16.8 Å². The van der Waals surface area contributed by atoms with E-state index in [0.29, 0.717) is 12.3 Å². The predicted octanol–water partition coefficient (Wildman–Crippen LogP) is 3.98. The van der Waals surface area contributed by atoms with E-state index in [1.165, 1.54) is 0 Å². The van der Waals surface area contributed by atoms with Crippen LogP contribution in [-0.4, -0.2) is 15.7 Å². The summed E-state index contributed by atoms with van der Waals surface area (Å²) in [5.41, 5.74) is 1.84. The van der Waals surface area contributed by atoms with Gasteiger partial charge in [0, 0.05) is 12.7 Å². The van der Waals surface area contributed by atoms with E-state index >= 15 is 0 Å². The number of hydrogen-bond donors (Lipinski definition) is 1. The number of ether oxygens (including phenoxy) is 1. The monoisotopic (exact) mass is 375 g/mol. The highest BCUT2D eigenvalue weighted by atomic mass is 16.5. The van der Waals surface area contributed by atoms with Crippen molar-refractivity contribution in [3.8, 4) is 5.75 Å². The van der Waals surface area contributed by atoms with Gasteiger partial charge < -0.3 is 14.5 Å². The van der Waals surface area contributed by atoms with Crippen molar-refractivity contribution in [2.45, 2.75) is 20.1 Å². The molecule has 28 heavy (non-hydrogen) atoms. The number of rotatable bonds is 6. The van der Waals surface area contributed by atoms with Gasteiger partial charge in [-0.3, -0.25) is 9.48 Å². The SMILES string of the molecule is Cc1cc(CNC(=O)c2ccc(COc3ccc4ccccc4c3)o2)nn1C. The van der Waals surface area contributed by atoms with Gasteiger partial charge >= 0.3 is 0 Å². The molecule has 0 radical (unpaired) electrons. The maximum Gasteiger partial charge on any atom is 0.287 e. The summed E-state index contributed by atoms with van der Waals surface area (Å²) in [6.45, 7) is 2.57. The molecule has 0 aliphatic rings. The fourth-order valence-corrected chi connectivity index (χ4v) is 2.97. The summed E-state index contributed by atoms with van der Waals surface area (Å²) >= 11 is 0. The Bertz CT molecular complexity index is 1110. The summed E-state index contributed by atoms with van der Waals surface area (Å²) in [6, 6.07) is 19.4. The molecule has 0 fully saturated rings. The van der Waals surface area contributed by atoms with E-state index in [2.05, 4.69) is 16.5 Å². The highest BCUT2D eigenvalue weighted by Gasteiger charge is 2.12. The molecule has 0 bridgehead atoms. The lowest BCUT2D eigenvalue weighted by molar-refractivity contribution is 0.0918. The maximum atomic E-state index is 12.3. The van der Waals surface area contributed by atoms with Crippen LogP contribution < -0.4 is 10.1 Å². The molecule has 6 nitrogen and oxygen atoms in total. The molecule has 6 heteroatoms. The van der Waals surface area contributed by atoms with Crippen LogP contribution in [0.25, 0.3) is 10.8 Å². The summed E-state index contributed by atoms with van der Waals surface area (Å²) in [7, 11) is 1.87. The summed E-state index contributed by atoms with van der Waals surface area (Å²) in [4.78, 5) is 12.3. The molecule has 1 N–H and O–H groups in total. The fraction of sp³-hybridized carbons (Fsp3) is 0.182. The van der Waals surface area contributed by atoms with Gasteiger partial charge in [-0.25, -0.2) is 0 Å². The van der Waals surface area contributed by atoms with Gasteiger partial charge in [-0.1, -0.05) is 30.3 Å². The van der Waals surface area contributed by atoms with Crippen LogP contribution in [0.1, 0.15) is 27.7 Å². The second-order valence-corrected chi connectivity index (χ2v) is 6.65. The van der Waals surface area contributed by atoms with Crippen molar-refractivity contribution < 1.29 is 13.9 Å². The lowest BCUT2D eigenvalue weighted by atomic mass is 10.1. The number of benzene rings is 2. The number of carbonyl (C=O) groups excluding carboxylic acids is 1. The van der Waals surface area contributed by atoms with Gasteiger partial charge in [0.2, 0.25) is 0 Å². The topological polar surface area (TPSA) is 69.3 Å². The number of carbonyl (C=O) groups is 1. The van der Waals surface area contributed by atoms with E-state index in [0.717, 1.165) is 27.9 Å². The van der Waals surface area contributed by atoms with Crippen molar-refractivity contribution in [2.24, 2.45) is 7.05 Å². The molecule has 0 unspecified atom stereocenters. The molecule has 0 aliphatic carbocycles. The third kappa shape index (κ3) is 3.91. The predicted molar refractivity (Wildman–Crippen MR) is 106 cm³/mol.